The summed E-state index contributed by atoms with van der Waals surface area (Å²) in [5.74, 6) is 0.861. The van der Waals surface area contributed by atoms with Crippen molar-refractivity contribution in [3.8, 4) is 11.5 Å². The number of hydrogen-bond acceptors (Lipinski definition) is 6. The fourth-order valence-corrected chi connectivity index (χ4v) is 7.20. The number of halogens is 2. The van der Waals surface area contributed by atoms with E-state index in [-0.39, 0.29) is 11.7 Å². The van der Waals surface area contributed by atoms with Crippen molar-refractivity contribution in [2.24, 2.45) is 11.8 Å². The predicted octanol–water partition coefficient (Wildman–Crippen LogP) is 5.81. The van der Waals surface area contributed by atoms with Gasteiger partial charge in [-0.15, -0.1) is 0 Å². The van der Waals surface area contributed by atoms with Crippen molar-refractivity contribution in [2.45, 2.75) is 44.2 Å². The number of imidazole rings is 1. The molecule has 8 nitrogen and oxygen atoms in total. The molecule has 0 bridgehead atoms. The van der Waals surface area contributed by atoms with Crippen molar-refractivity contribution < 1.29 is 28.5 Å². The van der Waals surface area contributed by atoms with Crippen LogP contribution in [0.3, 0.4) is 0 Å². The number of para-hydroxylation sites is 1. The van der Waals surface area contributed by atoms with Crippen molar-refractivity contribution in [2.75, 3.05) is 19.7 Å². The van der Waals surface area contributed by atoms with Crippen molar-refractivity contribution in [1.29, 1.82) is 0 Å². The second-order valence-electron chi connectivity index (χ2n) is 11.9. The second kappa shape index (κ2) is 9.42. The van der Waals surface area contributed by atoms with Gasteiger partial charge < -0.3 is 23.9 Å². The highest BCUT2D eigenvalue weighted by Gasteiger charge is 2.58. The van der Waals surface area contributed by atoms with E-state index in [1.807, 2.05) is 12.1 Å². The maximum absolute atomic E-state index is 14.8. The topological polar surface area (TPSA) is 86.1 Å². The van der Waals surface area contributed by atoms with Crippen LogP contribution in [0.5, 0.6) is 11.5 Å². The molecule has 10 heteroatoms. The minimum Gasteiger partial charge on any atom is -0.478 e. The zero-order chi connectivity index (χ0) is 28.7. The largest absolute Gasteiger partial charge is 0.478 e. The quantitative estimate of drug-likeness (QED) is 0.291. The molecule has 8 rings (SSSR count). The molecule has 4 aliphatic rings. The maximum Gasteiger partial charge on any atom is 0.335 e. The normalized spacial score (nSPS) is 27.7. The monoisotopic (exact) mass is 589 g/mol. The SMILES string of the molecule is CC1(c2ccc(Cl)cc2F)Oc2cccc(C3[C@H]4CN(Cc5nc6ccc(C(=O)O)cc6n5C[C@@H]5CCO5)C[C@@H]34)c2O1. The van der Waals surface area contributed by atoms with E-state index >= 15 is 0 Å². The summed E-state index contributed by atoms with van der Waals surface area (Å²) in [5.41, 5.74) is 3.30. The fraction of sp³-hybridized carbons (Fsp3) is 0.375. The van der Waals surface area contributed by atoms with Crippen LogP contribution in [-0.2, 0) is 23.6 Å². The highest BCUT2D eigenvalue weighted by Crippen LogP contribution is 2.62. The van der Waals surface area contributed by atoms with E-state index in [1.54, 1.807) is 37.3 Å². The molecule has 1 saturated carbocycles. The number of fused-ring (bicyclic) bond motifs is 3. The number of piperidine rings is 1. The van der Waals surface area contributed by atoms with Gasteiger partial charge in [-0.1, -0.05) is 23.7 Å². The van der Waals surface area contributed by atoms with E-state index in [9.17, 15) is 14.3 Å². The Labute approximate surface area is 246 Å². The van der Waals surface area contributed by atoms with Crippen molar-refractivity contribution >= 4 is 28.6 Å². The number of hydrogen-bond donors (Lipinski definition) is 1. The average Bonchev–Trinajstić information content (AvgIpc) is 3.21. The number of aromatic carboxylic acids is 1. The number of benzene rings is 3. The molecule has 1 aromatic heterocycles. The third kappa shape index (κ3) is 4.17. The minimum atomic E-state index is -1.27. The van der Waals surface area contributed by atoms with Gasteiger partial charge in [0.15, 0.2) is 11.5 Å². The fourth-order valence-electron chi connectivity index (χ4n) is 7.04. The van der Waals surface area contributed by atoms with E-state index in [1.165, 1.54) is 6.07 Å². The molecule has 3 aromatic carbocycles. The van der Waals surface area contributed by atoms with E-state index in [0.29, 0.717) is 52.9 Å². The van der Waals surface area contributed by atoms with Crippen LogP contribution >= 0.6 is 11.6 Å². The standard InChI is InChI=1S/C32H29ClFN3O5/c1-32(23-7-6-18(33)12-24(23)34)41-27-4-2-3-20(30(27)42-32)29-21-14-36(15-22(21)29)16-28-35-25-8-5-17(31(38)39)11-26(25)37(28)13-19-9-10-40-19/h2-8,11-12,19,21-22,29H,9-10,13-16H2,1H3,(H,38,39)/t19-,21-,22+,29?,32?/m0/s1. The number of carboxylic acid groups (broad SMARTS) is 1. The lowest BCUT2D eigenvalue weighted by molar-refractivity contribution is -0.0710. The Morgan fingerprint density at radius 3 is 2.67 bits per heavy atom. The van der Waals surface area contributed by atoms with Gasteiger partial charge in [0.25, 0.3) is 5.79 Å². The molecule has 4 heterocycles. The van der Waals surface area contributed by atoms with E-state index in [0.717, 1.165) is 48.5 Å². The molecule has 3 fully saturated rings. The summed E-state index contributed by atoms with van der Waals surface area (Å²) in [6, 6.07) is 15.6. The summed E-state index contributed by atoms with van der Waals surface area (Å²) in [7, 11) is 0. The minimum absolute atomic E-state index is 0.125. The highest BCUT2D eigenvalue weighted by atomic mass is 35.5. The van der Waals surface area contributed by atoms with Crippen LogP contribution in [0.1, 0.15) is 46.6 Å². The summed E-state index contributed by atoms with van der Waals surface area (Å²) in [6.45, 7) is 5.69. The lowest BCUT2D eigenvalue weighted by Gasteiger charge is -2.28. The Morgan fingerprint density at radius 2 is 1.95 bits per heavy atom. The summed E-state index contributed by atoms with van der Waals surface area (Å²) >= 11 is 5.97. The molecule has 2 saturated heterocycles. The number of carbonyl (C=O) groups is 1. The van der Waals surface area contributed by atoms with Gasteiger partial charge in [-0.25, -0.2) is 14.2 Å². The Kier molecular flexibility index (Phi) is 5.83. The highest BCUT2D eigenvalue weighted by molar-refractivity contribution is 6.30. The zero-order valence-electron chi connectivity index (χ0n) is 22.9. The Hall–Kier alpha value is -3.66. The van der Waals surface area contributed by atoms with E-state index < -0.39 is 17.6 Å². The lowest BCUT2D eigenvalue weighted by atomic mass is 10.0. The third-order valence-electron chi connectivity index (χ3n) is 9.28. The summed E-state index contributed by atoms with van der Waals surface area (Å²) in [5, 5.41) is 9.85. The first kappa shape index (κ1) is 26.0. The van der Waals surface area contributed by atoms with Gasteiger partial charge in [-0.3, -0.25) is 4.90 Å². The number of ether oxygens (including phenoxy) is 3. The first-order valence-corrected chi connectivity index (χ1v) is 14.7. The average molecular weight is 590 g/mol. The Morgan fingerprint density at radius 1 is 1.14 bits per heavy atom. The Bertz CT molecular complexity index is 1740. The van der Waals surface area contributed by atoms with Crippen LogP contribution in [0.25, 0.3) is 11.0 Å². The van der Waals surface area contributed by atoms with Gasteiger partial charge in [0, 0.05) is 37.2 Å². The molecule has 0 radical (unpaired) electrons. The van der Waals surface area contributed by atoms with Crippen molar-refractivity contribution in [1.82, 2.24) is 14.5 Å². The molecular weight excluding hydrogens is 561 g/mol. The first-order valence-electron chi connectivity index (χ1n) is 14.3. The summed E-state index contributed by atoms with van der Waals surface area (Å²) in [4.78, 5) is 19.0. The van der Waals surface area contributed by atoms with Gasteiger partial charge in [0.1, 0.15) is 11.6 Å². The van der Waals surface area contributed by atoms with Crippen LogP contribution < -0.4 is 9.47 Å². The summed E-state index contributed by atoms with van der Waals surface area (Å²) < 4.78 is 35.2. The number of rotatable bonds is 7. The molecule has 0 amide bonds. The van der Waals surface area contributed by atoms with Gasteiger partial charge in [0.05, 0.1) is 41.4 Å². The van der Waals surface area contributed by atoms with E-state index in [2.05, 4.69) is 15.5 Å². The zero-order valence-corrected chi connectivity index (χ0v) is 23.7. The van der Waals surface area contributed by atoms with Crippen LogP contribution in [0.15, 0.2) is 54.6 Å². The van der Waals surface area contributed by atoms with Gasteiger partial charge in [-0.2, -0.15) is 0 Å². The molecule has 5 atom stereocenters. The molecule has 2 unspecified atom stereocenters. The van der Waals surface area contributed by atoms with Crippen LogP contribution in [0, 0.1) is 17.7 Å². The molecule has 1 aliphatic carbocycles. The van der Waals surface area contributed by atoms with Gasteiger partial charge in [-0.05, 0) is 66.6 Å². The Balaban J connectivity index is 1.01. The second-order valence-corrected chi connectivity index (χ2v) is 12.4. The molecule has 0 spiro atoms. The van der Waals surface area contributed by atoms with Crippen LogP contribution in [0.2, 0.25) is 5.02 Å². The maximum atomic E-state index is 14.8. The number of likely N-dealkylation sites (tertiary alicyclic amines) is 1. The molecular formula is C32H29ClFN3O5. The smallest absolute Gasteiger partial charge is 0.335 e. The molecule has 42 heavy (non-hydrogen) atoms. The molecule has 216 valence electrons. The van der Waals surface area contributed by atoms with Gasteiger partial charge >= 0.3 is 5.97 Å². The third-order valence-corrected chi connectivity index (χ3v) is 9.51. The number of nitrogens with zero attached hydrogens (tertiary/aromatic N) is 3. The number of aromatic nitrogens is 2. The van der Waals surface area contributed by atoms with Crippen LogP contribution in [0.4, 0.5) is 4.39 Å². The van der Waals surface area contributed by atoms with Crippen molar-refractivity contribution in [3.05, 3.63) is 88.0 Å². The van der Waals surface area contributed by atoms with Gasteiger partial charge in [0.2, 0.25) is 0 Å². The first-order chi connectivity index (χ1) is 20.3. The molecule has 1 N–H and O–H groups in total. The predicted molar refractivity (Wildman–Crippen MR) is 153 cm³/mol. The molecule has 3 aliphatic heterocycles. The van der Waals surface area contributed by atoms with Crippen LogP contribution in [-0.4, -0.2) is 51.3 Å². The van der Waals surface area contributed by atoms with Crippen molar-refractivity contribution in [3.63, 3.8) is 0 Å². The van der Waals surface area contributed by atoms with E-state index in [4.69, 9.17) is 30.8 Å². The number of carboxylic acids is 1. The lowest BCUT2D eigenvalue weighted by Crippen LogP contribution is -2.33. The summed E-state index contributed by atoms with van der Waals surface area (Å²) in [6.07, 6.45) is 1.12. The molecule has 4 aromatic rings.